The summed E-state index contributed by atoms with van der Waals surface area (Å²) >= 11 is 0. The summed E-state index contributed by atoms with van der Waals surface area (Å²) in [6.45, 7) is 1.86. The molecule has 0 N–H and O–H groups in total. The van der Waals surface area contributed by atoms with Crippen LogP contribution < -0.4 is 4.90 Å². The Labute approximate surface area is 167 Å². The molecule has 0 saturated carbocycles. The minimum absolute atomic E-state index is 0.0841. The van der Waals surface area contributed by atoms with Crippen LogP contribution in [0.1, 0.15) is 11.1 Å². The average Bonchev–Trinajstić information content (AvgIpc) is 2.73. The number of morpholine rings is 1. The van der Waals surface area contributed by atoms with Gasteiger partial charge in [0.05, 0.1) is 23.8 Å². The van der Waals surface area contributed by atoms with Crippen LogP contribution >= 0.6 is 0 Å². The summed E-state index contributed by atoms with van der Waals surface area (Å²) in [5.74, 6) is -0.303. The largest absolute Gasteiger partial charge is 0.379 e. The van der Waals surface area contributed by atoms with Crippen molar-refractivity contribution in [2.75, 3.05) is 37.7 Å². The van der Waals surface area contributed by atoms with Crippen molar-refractivity contribution in [1.82, 2.24) is 4.31 Å². The van der Waals surface area contributed by atoms with Crippen molar-refractivity contribution in [3.05, 3.63) is 63.5 Å². The van der Waals surface area contributed by atoms with Crippen molar-refractivity contribution < 1.29 is 22.5 Å². The van der Waals surface area contributed by atoms with Gasteiger partial charge in [-0.15, -0.1) is 0 Å². The summed E-state index contributed by atoms with van der Waals surface area (Å²) < 4.78 is 46.6. The Kier molecular flexibility index (Phi) is 5.24. The number of nitrogens with zero attached hydrogens (tertiary/aromatic N) is 3. The number of hydrogen-bond acceptors (Lipinski definition) is 6. The first-order valence-electron chi connectivity index (χ1n) is 9.25. The zero-order valence-electron chi connectivity index (χ0n) is 15.6. The molecule has 0 amide bonds. The van der Waals surface area contributed by atoms with Gasteiger partial charge in [-0.05, 0) is 35.7 Å². The lowest BCUT2D eigenvalue weighted by Gasteiger charge is -2.33. The van der Waals surface area contributed by atoms with E-state index in [0.717, 1.165) is 17.2 Å². The van der Waals surface area contributed by atoms with Crippen LogP contribution in [0.25, 0.3) is 0 Å². The molecule has 0 aliphatic carbocycles. The van der Waals surface area contributed by atoms with E-state index >= 15 is 0 Å². The topological polar surface area (TPSA) is 93.0 Å². The van der Waals surface area contributed by atoms with E-state index < -0.39 is 14.9 Å². The fourth-order valence-corrected chi connectivity index (χ4v) is 5.38. The van der Waals surface area contributed by atoms with E-state index in [1.807, 2.05) is 4.90 Å². The van der Waals surface area contributed by atoms with Crippen molar-refractivity contribution in [3.63, 3.8) is 0 Å². The SMILES string of the molecule is O=[N+]([O-])c1ccc(N2CCc3cc(F)ccc3C2)c(S(=O)(=O)N2CCOCC2)c1. The Morgan fingerprint density at radius 2 is 1.79 bits per heavy atom. The van der Waals surface area contributed by atoms with Gasteiger partial charge >= 0.3 is 0 Å². The highest BCUT2D eigenvalue weighted by molar-refractivity contribution is 7.89. The van der Waals surface area contributed by atoms with Gasteiger partial charge in [-0.2, -0.15) is 4.31 Å². The van der Waals surface area contributed by atoms with Crippen molar-refractivity contribution in [3.8, 4) is 0 Å². The number of halogens is 1. The van der Waals surface area contributed by atoms with Gasteiger partial charge < -0.3 is 9.64 Å². The molecule has 2 aromatic carbocycles. The van der Waals surface area contributed by atoms with E-state index in [-0.39, 0.29) is 42.7 Å². The Balaban J connectivity index is 1.75. The monoisotopic (exact) mass is 421 g/mol. The Hall–Kier alpha value is -2.56. The third-order valence-electron chi connectivity index (χ3n) is 5.26. The van der Waals surface area contributed by atoms with Crippen LogP contribution in [0.4, 0.5) is 15.8 Å². The summed E-state index contributed by atoms with van der Waals surface area (Å²) in [5.41, 5.74) is 1.93. The predicted octanol–water partition coefficient (Wildman–Crippen LogP) is 2.32. The van der Waals surface area contributed by atoms with Gasteiger partial charge in [-0.1, -0.05) is 6.07 Å². The van der Waals surface area contributed by atoms with E-state index in [2.05, 4.69) is 0 Å². The smallest absolute Gasteiger partial charge is 0.270 e. The van der Waals surface area contributed by atoms with Crippen LogP contribution in [0.5, 0.6) is 0 Å². The maximum atomic E-state index is 13.5. The highest BCUT2D eigenvalue weighted by atomic mass is 32.2. The highest BCUT2D eigenvalue weighted by Crippen LogP contribution is 2.34. The number of anilines is 1. The molecule has 2 aliphatic rings. The lowest BCUT2D eigenvalue weighted by Crippen LogP contribution is -2.41. The lowest BCUT2D eigenvalue weighted by molar-refractivity contribution is -0.385. The van der Waals surface area contributed by atoms with Crippen LogP contribution in [0.3, 0.4) is 0 Å². The number of non-ortho nitro benzene ring substituents is 1. The second-order valence-electron chi connectivity index (χ2n) is 7.01. The number of nitro groups is 1. The maximum Gasteiger partial charge on any atom is 0.270 e. The molecular formula is C19H20FN3O5S. The maximum absolute atomic E-state index is 13.5. The highest BCUT2D eigenvalue weighted by Gasteiger charge is 2.32. The fourth-order valence-electron chi connectivity index (χ4n) is 3.74. The van der Waals surface area contributed by atoms with Crippen LogP contribution in [0.15, 0.2) is 41.3 Å². The van der Waals surface area contributed by atoms with E-state index in [4.69, 9.17) is 4.74 Å². The molecule has 29 heavy (non-hydrogen) atoms. The molecule has 0 unspecified atom stereocenters. The molecule has 1 fully saturated rings. The number of nitro benzene ring substituents is 1. The lowest BCUT2D eigenvalue weighted by atomic mass is 9.99. The molecule has 0 bridgehead atoms. The third-order valence-corrected chi connectivity index (χ3v) is 7.19. The Morgan fingerprint density at radius 3 is 2.52 bits per heavy atom. The summed E-state index contributed by atoms with van der Waals surface area (Å²) in [6.07, 6.45) is 0.557. The van der Waals surface area contributed by atoms with Crippen molar-refractivity contribution >= 4 is 21.4 Å². The van der Waals surface area contributed by atoms with E-state index in [9.17, 15) is 22.9 Å². The predicted molar refractivity (Wildman–Crippen MR) is 104 cm³/mol. The summed E-state index contributed by atoms with van der Waals surface area (Å²) in [7, 11) is -3.93. The van der Waals surface area contributed by atoms with Gasteiger partial charge in [0.1, 0.15) is 10.7 Å². The van der Waals surface area contributed by atoms with Crippen LogP contribution in [-0.4, -0.2) is 50.5 Å². The van der Waals surface area contributed by atoms with Crippen LogP contribution in [-0.2, 0) is 27.7 Å². The zero-order chi connectivity index (χ0) is 20.6. The van der Waals surface area contributed by atoms with Gasteiger partial charge in [0.2, 0.25) is 10.0 Å². The number of fused-ring (bicyclic) bond motifs is 1. The van der Waals surface area contributed by atoms with Crippen LogP contribution in [0.2, 0.25) is 0 Å². The molecule has 1 saturated heterocycles. The first-order valence-corrected chi connectivity index (χ1v) is 10.7. The number of benzene rings is 2. The van der Waals surface area contributed by atoms with Crippen molar-refractivity contribution in [1.29, 1.82) is 0 Å². The zero-order valence-corrected chi connectivity index (χ0v) is 16.4. The number of rotatable bonds is 4. The van der Waals surface area contributed by atoms with Crippen LogP contribution in [0, 0.1) is 15.9 Å². The standard InChI is InChI=1S/C19H20FN3O5S/c20-16-2-1-15-13-21(6-5-14(15)11-16)18-4-3-17(23(24)25)12-19(18)29(26,27)22-7-9-28-10-8-22/h1-4,11-12H,5-10,13H2. The molecule has 10 heteroatoms. The Morgan fingerprint density at radius 1 is 1.03 bits per heavy atom. The number of sulfonamides is 1. The average molecular weight is 421 g/mol. The van der Waals surface area contributed by atoms with Gasteiger partial charge in [0, 0.05) is 38.3 Å². The van der Waals surface area contributed by atoms with Gasteiger partial charge in [0.25, 0.3) is 5.69 Å². The molecule has 2 aromatic rings. The molecule has 0 spiro atoms. The van der Waals surface area contributed by atoms with Crippen molar-refractivity contribution in [2.45, 2.75) is 17.9 Å². The molecule has 8 nitrogen and oxygen atoms in total. The molecule has 0 aromatic heterocycles. The van der Waals surface area contributed by atoms with E-state index in [1.54, 1.807) is 6.07 Å². The van der Waals surface area contributed by atoms with Gasteiger partial charge in [0.15, 0.2) is 0 Å². The quantitative estimate of drug-likeness (QED) is 0.556. The number of ether oxygens (including phenoxy) is 1. The Bertz CT molecular complexity index is 1050. The molecule has 2 aliphatic heterocycles. The molecule has 0 atom stereocenters. The second kappa shape index (κ2) is 7.69. The molecule has 154 valence electrons. The van der Waals surface area contributed by atoms with Crippen molar-refractivity contribution in [2.24, 2.45) is 0 Å². The molecular weight excluding hydrogens is 401 g/mol. The minimum atomic E-state index is -3.93. The number of hydrogen-bond donors (Lipinski definition) is 0. The molecule has 2 heterocycles. The molecule has 4 rings (SSSR count). The third kappa shape index (κ3) is 3.83. The second-order valence-corrected chi connectivity index (χ2v) is 8.92. The normalized spacial score (nSPS) is 17.8. The molecule has 0 radical (unpaired) electrons. The van der Waals surface area contributed by atoms with Gasteiger partial charge in [-0.25, -0.2) is 12.8 Å². The fraction of sp³-hybridized carbons (Fsp3) is 0.368. The minimum Gasteiger partial charge on any atom is -0.379 e. The van der Waals surface area contributed by atoms with E-state index in [1.165, 1.54) is 28.6 Å². The summed E-state index contributed by atoms with van der Waals surface area (Å²) in [4.78, 5) is 12.5. The summed E-state index contributed by atoms with van der Waals surface area (Å²) in [5, 5.41) is 11.3. The summed E-state index contributed by atoms with van der Waals surface area (Å²) in [6, 6.07) is 8.49. The van der Waals surface area contributed by atoms with E-state index in [0.29, 0.717) is 25.2 Å². The first-order chi connectivity index (χ1) is 13.9. The first kappa shape index (κ1) is 19.7. The van der Waals surface area contributed by atoms with Gasteiger partial charge in [-0.3, -0.25) is 10.1 Å².